The SMILES string of the molecule is CC(=O)N(C)c1ccc([C@H](C)[C@H](N)C(=O)N2CC[C@H](F)C2)cc1.O=C(O)C(F)(F)F. The highest BCUT2D eigenvalue weighted by atomic mass is 19.4. The van der Waals surface area contributed by atoms with Crippen LogP contribution < -0.4 is 10.6 Å². The number of aliphatic carboxylic acids is 1. The van der Waals surface area contributed by atoms with Crippen LogP contribution in [0, 0.1) is 0 Å². The minimum atomic E-state index is -5.08. The van der Waals surface area contributed by atoms with Crippen molar-refractivity contribution in [1.29, 1.82) is 0 Å². The van der Waals surface area contributed by atoms with Gasteiger partial charge in [0.2, 0.25) is 11.8 Å². The lowest BCUT2D eigenvalue weighted by Crippen LogP contribution is -2.45. The predicted octanol–water partition coefficient (Wildman–Crippen LogP) is 2.30. The Morgan fingerprint density at radius 2 is 1.73 bits per heavy atom. The molecule has 1 aromatic rings. The first kappa shape index (κ1) is 25.3. The van der Waals surface area contributed by atoms with Crippen LogP contribution in [0.3, 0.4) is 0 Å². The van der Waals surface area contributed by atoms with Gasteiger partial charge >= 0.3 is 12.1 Å². The summed E-state index contributed by atoms with van der Waals surface area (Å²) in [4.78, 5) is 35.7. The fourth-order valence-electron chi connectivity index (χ4n) is 2.73. The van der Waals surface area contributed by atoms with E-state index in [4.69, 9.17) is 15.6 Å². The van der Waals surface area contributed by atoms with E-state index in [2.05, 4.69) is 0 Å². The van der Waals surface area contributed by atoms with Gasteiger partial charge in [-0.05, 0) is 24.1 Å². The number of carbonyl (C=O) groups excluding carboxylic acids is 2. The molecule has 3 atom stereocenters. The van der Waals surface area contributed by atoms with Gasteiger partial charge in [0.15, 0.2) is 0 Å². The molecule has 0 saturated carbocycles. The van der Waals surface area contributed by atoms with Gasteiger partial charge in [-0.3, -0.25) is 9.59 Å². The van der Waals surface area contributed by atoms with E-state index in [1.807, 2.05) is 31.2 Å². The molecule has 1 heterocycles. The molecule has 0 aliphatic carbocycles. The third-order valence-electron chi connectivity index (χ3n) is 4.79. The molecule has 1 aliphatic heterocycles. The first-order valence-corrected chi connectivity index (χ1v) is 9.08. The number of likely N-dealkylation sites (tertiary alicyclic amines) is 1. The fourth-order valence-corrected chi connectivity index (χ4v) is 2.73. The van der Waals surface area contributed by atoms with E-state index >= 15 is 0 Å². The highest BCUT2D eigenvalue weighted by molar-refractivity contribution is 5.90. The lowest BCUT2D eigenvalue weighted by atomic mass is 9.92. The third kappa shape index (κ3) is 6.97. The number of nitrogens with zero attached hydrogens (tertiary/aromatic N) is 2. The summed E-state index contributed by atoms with van der Waals surface area (Å²) in [6.45, 7) is 3.96. The summed E-state index contributed by atoms with van der Waals surface area (Å²) in [6, 6.07) is 6.70. The quantitative estimate of drug-likeness (QED) is 0.707. The van der Waals surface area contributed by atoms with Crippen molar-refractivity contribution in [2.24, 2.45) is 5.73 Å². The zero-order chi connectivity index (χ0) is 23.2. The standard InChI is InChI=1S/C17H24FN3O2.C2HF3O2/c1-11(16(19)17(23)21-9-8-14(18)10-21)13-4-6-15(7-5-13)20(3)12(2)22;3-2(4,5)1(6)7/h4-7,11,14,16H,8-10,19H2,1-3H3;(H,6,7)/t11-,14-,16-;/m0./s1. The molecule has 2 amide bonds. The molecular formula is C19H25F4N3O4. The summed E-state index contributed by atoms with van der Waals surface area (Å²) >= 11 is 0. The molecule has 0 radical (unpaired) electrons. The van der Waals surface area contributed by atoms with Gasteiger partial charge in [-0.15, -0.1) is 0 Å². The number of amides is 2. The van der Waals surface area contributed by atoms with Crippen molar-refractivity contribution in [3.63, 3.8) is 0 Å². The van der Waals surface area contributed by atoms with Crippen molar-refractivity contribution in [3.05, 3.63) is 29.8 Å². The van der Waals surface area contributed by atoms with Crippen LogP contribution >= 0.6 is 0 Å². The molecule has 1 fully saturated rings. The lowest BCUT2D eigenvalue weighted by molar-refractivity contribution is -0.192. The minimum absolute atomic E-state index is 0.0486. The van der Waals surface area contributed by atoms with Gasteiger partial charge in [0.05, 0.1) is 12.6 Å². The second kappa shape index (κ2) is 10.4. The Morgan fingerprint density at radius 3 is 2.10 bits per heavy atom. The Morgan fingerprint density at radius 1 is 1.23 bits per heavy atom. The molecule has 2 rings (SSSR count). The Hall–Kier alpha value is -2.69. The number of carboxylic acid groups (broad SMARTS) is 1. The van der Waals surface area contributed by atoms with Crippen LogP contribution in [0.5, 0.6) is 0 Å². The molecule has 0 unspecified atom stereocenters. The van der Waals surface area contributed by atoms with E-state index in [-0.39, 0.29) is 24.3 Å². The van der Waals surface area contributed by atoms with Gasteiger partial charge < -0.3 is 20.6 Å². The number of halogens is 4. The molecule has 3 N–H and O–H groups in total. The Labute approximate surface area is 171 Å². The number of alkyl halides is 4. The highest BCUT2D eigenvalue weighted by Crippen LogP contribution is 2.24. The van der Waals surface area contributed by atoms with E-state index in [1.165, 1.54) is 11.8 Å². The summed E-state index contributed by atoms with van der Waals surface area (Å²) in [6.07, 6.45) is -5.64. The summed E-state index contributed by atoms with van der Waals surface area (Å²) in [5, 5.41) is 7.12. The van der Waals surface area contributed by atoms with Crippen molar-refractivity contribution >= 4 is 23.5 Å². The molecular weight excluding hydrogens is 410 g/mol. The van der Waals surface area contributed by atoms with Gasteiger partial charge in [0, 0.05) is 32.1 Å². The molecule has 168 valence electrons. The van der Waals surface area contributed by atoms with Crippen molar-refractivity contribution in [2.45, 2.75) is 44.6 Å². The molecule has 0 bridgehead atoms. The molecule has 7 nitrogen and oxygen atoms in total. The smallest absolute Gasteiger partial charge is 0.475 e. The second-order valence-corrected chi connectivity index (χ2v) is 6.96. The van der Waals surface area contributed by atoms with Gasteiger partial charge in [-0.2, -0.15) is 13.2 Å². The monoisotopic (exact) mass is 435 g/mol. The van der Waals surface area contributed by atoms with Crippen LogP contribution in [0.25, 0.3) is 0 Å². The first-order chi connectivity index (χ1) is 13.8. The maximum Gasteiger partial charge on any atom is 0.490 e. The van der Waals surface area contributed by atoms with E-state index < -0.39 is 24.4 Å². The zero-order valence-corrected chi connectivity index (χ0v) is 16.8. The molecule has 11 heteroatoms. The predicted molar refractivity (Wildman–Crippen MR) is 102 cm³/mol. The van der Waals surface area contributed by atoms with E-state index in [0.29, 0.717) is 13.0 Å². The Bertz CT molecular complexity index is 755. The number of carbonyl (C=O) groups is 3. The Kier molecular flexibility index (Phi) is 8.76. The molecule has 0 aromatic heterocycles. The summed E-state index contributed by atoms with van der Waals surface area (Å²) in [7, 11) is 1.71. The molecule has 1 saturated heterocycles. The molecule has 0 spiro atoms. The van der Waals surface area contributed by atoms with Crippen LogP contribution in [0.15, 0.2) is 24.3 Å². The number of hydrogen-bond donors (Lipinski definition) is 2. The third-order valence-corrected chi connectivity index (χ3v) is 4.79. The van der Waals surface area contributed by atoms with Gasteiger partial charge in [0.1, 0.15) is 6.17 Å². The first-order valence-electron chi connectivity index (χ1n) is 9.08. The zero-order valence-electron chi connectivity index (χ0n) is 16.8. The number of carboxylic acids is 1. The number of benzene rings is 1. The maximum atomic E-state index is 13.2. The minimum Gasteiger partial charge on any atom is -0.475 e. The molecule has 30 heavy (non-hydrogen) atoms. The Balaban J connectivity index is 0.000000553. The normalized spacial score (nSPS) is 18.1. The van der Waals surface area contributed by atoms with Crippen molar-refractivity contribution < 1.29 is 37.1 Å². The van der Waals surface area contributed by atoms with Crippen molar-refractivity contribution in [1.82, 2.24) is 4.90 Å². The average Bonchev–Trinajstić information content (AvgIpc) is 3.11. The molecule has 1 aliphatic rings. The van der Waals surface area contributed by atoms with Crippen LogP contribution in [0.4, 0.5) is 23.2 Å². The van der Waals surface area contributed by atoms with E-state index in [0.717, 1.165) is 11.3 Å². The number of rotatable bonds is 4. The molecule has 1 aromatic carbocycles. The van der Waals surface area contributed by atoms with E-state index in [1.54, 1.807) is 11.9 Å². The number of hydrogen-bond acceptors (Lipinski definition) is 4. The second-order valence-electron chi connectivity index (χ2n) is 6.96. The fraction of sp³-hybridized carbons (Fsp3) is 0.526. The topological polar surface area (TPSA) is 104 Å². The van der Waals surface area contributed by atoms with E-state index in [9.17, 15) is 27.2 Å². The summed E-state index contributed by atoms with van der Waals surface area (Å²) < 4.78 is 45.0. The highest BCUT2D eigenvalue weighted by Gasteiger charge is 2.38. The van der Waals surface area contributed by atoms with Crippen molar-refractivity contribution in [3.8, 4) is 0 Å². The number of nitrogens with two attached hydrogens (primary N) is 1. The van der Waals surface area contributed by atoms with Gasteiger partial charge in [-0.1, -0.05) is 19.1 Å². The van der Waals surface area contributed by atoms with Crippen LogP contribution in [0.2, 0.25) is 0 Å². The number of anilines is 1. The van der Waals surface area contributed by atoms with Gasteiger partial charge in [-0.25, -0.2) is 9.18 Å². The lowest BCUT2D eigenvalue weighted by Gasteiger charge is -2.25. The van der Waals surface area contributed by atoms with Crippen molar-refractivity contribution in [2.75, 3.05) is 25.0 Å². The maximum absolute atomic E-state index is 13.2. The van der Waals surface area contributed by atoms with Crippen LogP contribution in [0.1, 0.15) is 31.7 Å². The summed E-state index contributed by atoms with van der Waals surface area (Å²) in [5.74, 6) is -3.19. The largest absolute Gasteiger partial charge is 0.490 e. The average molecular weight is 435 g/mol. The van der Waals surface area contributed by atoms with Gasteiger partial charge in [0.25, 0.3) is 0 Å². The van der Waals surface area contributed by atoms with Crippen LogP contribution in [-0.4, -0.2) is 66.3 Å². The summed E-state index contributed by atoms with van der Waals surface area (Å²) in [5.41, 5.74) is 7.79. The van der Waals surface area contributed by atoms with Crippen LogP contribution in [-0.2, 0) is 14.4 Å².